The maximum absolute atomic E-state index is 13.3. The van der Waals surface area contributed by atoms with Crippen molar-refractivity contribution in [1.29, 1.82) is 0 Å². The average molecular weight is 440 g/mol. The van der Waals surface area contributed by atoms with Gasteiger partial charge in [-0.1, -0.05) is 30.3 Å². The Bertz CT molecular complexity index is 959. The van der Waals surface area contributed by atoms with E-state index in [1.54, 1.807) is 16.2 Å². The van der Waals surface area contributed by atoms with Gasteiger partial charge in [-0.25, -0.2) is 0 Å². The maximum Gasteiger partial charge on any atom is 0.245 e. The molecule has 2 aliphatic rings. The van der Waals surface area contributed by atoms with Gasteiger partial charge in [0.2, 0.25) is 17.7 Å². The Morgan fingerprint density at radius 3 is 2.81 bits per heavy atom. The number of likely N-dealkylation sites (tertiary alicyclic amines) is 1. The fourth-order valence-electron chi connectivity index (χ4n) is 4.81. The van der Waals surface area contributed by atoms with Crippen molar-refractivity contribution in [3.63, 3.8) is 0 Å². The van der Waals surface area contributed by atoms with E-state index in [0.29, 0.717) is 38.9 Å². The minimum Gasteiger partial charge on any atom is -0.356 e. The standard InChI is InChI=1S/C24H29N3O3S/c1-2-25-23(30)24(15-17-7-3-4-8-18(17)20-9-5-14-31-20)12-6-13-27(16-24)22(29)19-10-11-21(28)26-19/h3-5,7-9,14,19H,2,6,10-13,15-16H2,1H3,(H,25,30)(H,26,28)/t19-,24-/m1/s1. The van der Waals surface area contributed by atoms with Crippen LogP contribution in [0.1, 0.15) is 38.2 Å². The molecular formula is C24H29N3O3S. The minimum atomic E-state index is -0.681. The third-order valence-electron chi connectivity index (χ3n) is 6.33. The van der Waals surface area contributed by atoms with Crippen LogP contribution in [-0.2, 0) is 20.8 Å². The Labute approximate surface area is 187 Å². The Hall–Kier alpha value is -2.67. The van der Waals surface area contributed by atoms with Gasteiger partial charge < -0.3 is 15.5 Å². The van der Waals surface area contributed by atoms with Gasteiger partial charge in [-0.15, -0.1) is 11.3 Å². The number of rotatable bonds is 6. The molecule has 1 aromatic carbocycles. The van der Waals surface area contributed by atoms with E-state index >= 15 is 0 Å². The monoisotopic (exact) mass is 439 g/mol. The van der Waals surface area contributed by atoms with Crippen LogP contribution in [0.3, 0.4) is 0 Å². The van der Waals surface area contributed by atoms with E-state index in [9.17, 15) is 14.4 Å². The van der Waals surface area contributed by atoms with Gasteiger partial charge in [0.1, 0.15) is 6.04 Å². The lowest BCUT2D eigenvalue weighted by Gasteiger charge is -2.42. The number of piperidine rings is 1. The Balaban J connectivity index is 1.63. The van der Waals surface area contributed by atoms with Crippen molar-refractivity contribution in [3.05, 3.63) is 47.3 Å². The summed E-state index contributed by atoms with van der Waals surface area (Å²) in [5.41, 5.74) is 1.59. The molecule has 2 fully saturated rings. The van der Waals surface area contributed by atoms with Crippen LogP contribution in [0.25, 0.3) is 10.4 Å². The van der Waals surface area contributed by atoms with Gasteiger partial charge in [-0.05, 0) is 55.2 Å². The molecule has 2 saturated heterocycles. The highest BCUT2D eigenvalue weighted by Gasteiger charge is 2.45. The van der Waals surface area contributed by atoms with Crippen molar-refractivity contribution in [1.82, 2.24) is 15.5 Å². The summed E-state index contributed by atoms with van der Waals surface area (Å²) < 4.78 is 0. The number of carbonyl (C=O) groups is 3. The quantitative estimate of drug-likeness (QED) is 0.726. The number of nitrogens with one attached hydrogen (secondary N) is 2. The molecule has 0 aliphatic carbocycles. The van der Waals surface area contributed by atoms with Crippen molar-refractivity contribution >= 4 is 29.1 Å². The van der Waals surface area contributed by atoms with Gasteiger partial charge >= 0.3 is 0 Å². The summed E-state index contributed by atoms with van der Waals surface area (Å²) in [4.78, 5) is 41.0. The Morgan fingerprint density at radius 2 is 2.10 bits per heavy atom. The number of carbonyl (C=O) groups excluding carboxylic acids is 3. The molecule has 31 heavy (non-hydrogen) atoms. The molecule has 2 atom stereocenters. The van der Waals surface area contributed by atoms with Crippen LogP contribution in [0.5, 0.6) is 0 Å². The van der Waals surface area contributed by atoms with Crippen LogP contribution in [0.2, 0.25) is 0 Å². The van der Waals surface area contributed by atoms with Crippen molar-refractivity contribution in [3.8, 4) is 10.4 Å². The smallest absolute Gasteiger partial charge is 0.245 e. The van der Waals surface area contributed by atoms with Crippen LogP contribution in [0.15, 0.2) is 41.8 Å². The number of benzene rings is 1. The molecule has 0 bridgehead atoms. The van der Waals surface area contributed by atoms with Crippen molar-refractivity contribution in [2.75, 3.05) is 19.6 Å². The van der Waals surface area contributed by atoms with E-state index in [1.165, 1.54) is 4.88 Å². The van der Waals surface area contributed by atoms with Crippen LogP contribution < -0.4 is 10.6 Å². The topological polar surface area (TPSA) is 78.5 Å². The van der Waals surface area contributed by atoms with E-state index < -0.39 is 11.5 Å². The summed E-state index contributed by atoms with van der Waals surface area (Å²) >= 11 is 1.69. The Kier molecular flexibility index (Phi) is 6.41. The molecule has 4 rings (SSSR count). The molecule has 0 unspecified atom stereocenters. The highest BCUT2D eigenvalue weighted by Crippen LogP contribution is 2.38. The lowest BCUT2D eigenvalue weighted by Crippen LogP contribution is -2.57. The molecule has 3 heterocycles. The predicted octanol–water partition coefficient (Wildman–Crippen LogP) is 2.98. The Morgan fingerprint density at radius 1 is 1.26 bits per heavy atom. The van der Waals surface area contributed by atoms with Crippen LogP contribution in [0.4, 0.5) is 0 Å². The first kappa shape index (κ1) is 21.6. The summed E-state index contributed by atoms with van der Waals surface area (Å²) in [5, 5.41) is 7.86. The fraction of sp³-hybridized carbons (Fsp3) is 0.458. The van der Waals surface area contributed by atoms with Gasteiger partial charge in [0.05, 0.1) is 5.41 Å². The minimum absolute atomic E-state index is 0.00365. The third-order valence-corrected chi connectivity index (χ3v) is 7.24. The first-order valence-electron chi connectivity index (χ1n) is 11.0. The number of thiophene rings is 1. The number of hydrogen-bond donors (Lipinski definition) is 2. The predicted molar refractivity (Wildman–Crippen MR) is 122 cm³/mol. The first-order valence-corrected chi connectivity index (χ1v) is 11.9. The lowest BCUT2D eigenvalue weighted by molar-refractivity contribution is -0.143. The summed E-state index contributed by atoms with van der Waals surface area (Å²) in [6, 6.07) is 11.9. The molecule has 2 aromatic rings. The second-order valence-electron chi connectivity index (χ2n) is 8.47. The molecule has 1 aromatic heterocycles. The van der Waals surface area contributed by atoms with Crippen molar-refractivity contribution in [2.45, 2.75) is 45.1 Å². The molecule has 2 N–H and O–H groups in total. The van der Waals surface area contributed by atoms with Gasteiger partial charge in [0.15, 0.2) is 0 Å². The molecular weight excluding hydrogens is 410 g/mol. The number of hydrogen-bond acceptors (Lipinski definition) is 4. The molecule has 3 amide bonds. The largest absolute Gasteiger partial charge is 0.356 e. The molecule has 7 heteroatoms. The van der Waals surface area contributed by atoms with Crippen LogP contribution in [-0.4, -0.2) is 48.3 Å². The summed E-state index contributed by atoms with van der Waals surface area (Å²) in [6.07, 6.45) is 3.00. The van der Waals surface area contributed by atoms with Crippen LogP contribution >= 0.6 is 11.3 Å². The maximum atomic E-state index is 13.3. The van der Waals surface area contributed by atoms with Crippen LogP contribution in [0, 0.1) is 5.41 Å². The average Bonchev–Trinajstić information content (AvgIpc) is 3.46. The summed E-state index contributed by atoms with van der Waals surface area (Å²) in [7, 11) is 0. The van der Waals surface area contributed by atoms with Gasteiger partial charge in [0.25, 0.3) is 0 Å². The van der Waals surface area contributed by atoms with E-state index in [2.05, 4.69) is 34.2 Å². The molecule has 0 spiro atoms. The highest BCUT2D eigenvalue weighted by atomic mass is 32.1. The fourth-order valence-corrected chi connectivity index (χ4v) is 5.60. The molecule has 164 valence electrons. The zero-order valence-electron chi connectivity index (χ0n) is 17.9. The highest BCUT2D eigenvalue weighted by molar-refractivity contribution is 7.13. The molecule has 0 saturated carbocycles. The second-order valence-corrected chi connectivity index (χ2v) is 9.42. The van der Waals surface area contributed by atoms with Gasteiger partial charge in [-0.3, -0.25) is 14.4 Å². The molecule has 0 radical (unpaired) electrons. The summed E-state index contributed by atoms with van der Waals surface area (Å²) in [6.45, 7) is 3.48. The second kappa shape index (κ2) is 9.22. The summed E-state index contributed by atoms with van der Waals surface area (Å²) in [5.74, 6) is -0.134. The first-order chi connectivity index (χ1) is 15.0. The third kappa shape index (κ3) is 4.51. The number of amides is 3. The zero-order chi connectivity index (χ0) is 21.8. The van der Waals surface area contributed by atoms with E-state index in [0.717, 1.165) is 24.0 Å². The molecule has 6 nitrogen and oxygen atoms in total. The lowest BCUT2D eigenvalue weighted by atomic mass is 9.73. The van der Waals surface area contributed by atoms with Gasteiger partial charge in [0, 0.05) is 30.9 Å². The van der Waals surface area contributed by atoms with E-state index in [4.69, 9.17) is 0 Å². The van der Waals surface area contributed by atoms with Crippen molar-refractivity contribution < 1.29 is 14.4 Å². The number of nitrogens with zero attached hydrogens (tertiary/aromatic N) is 1. The SMILES string of the molecule is CCNC(=O)[C@@]1(Cc2ccccc2-c2cccs2)CCCN(C(=O)[C@H]2CCC(=O)N2)C1. The normalized spacial score (nSPS) is 23.5. The zero-order valence-corrected chi connectivity index (χ0v) is 18.7. The van der Waals surface area contributed by atoms with Gasteiger partial charge in [-0.2, -0.15) is 0 Å². The van der Waals surface area contributed by atoms with Crippen molar-refractivity contribution in [2.24, 2.45) is 5.41 Å². The van der Waals surface area contributed by atoms with E-state index in [1.807, 2.05) is 25.1 Å². The van der Waals surface area contributed by atoms with E-state index in [-0.39, 0.29) is 17.7 Å². The molecule has 2 aliphatic heterocycles.